The van der Waals surface area contributed by atoms with E-state index in [0.29, 0.717) is 19.5 Å². The lowest BCUT2D eigenvalue weighted by Crippen LogP contribution is -2.35. The molecule has 0 heterocycles. The SMILES string of the molecule is CCN(CCCO)C(=O)COc1cc(C)ccc1C. The second kappa shape index (κ2) is 7.79. The van der Waals surface area contributed by atoms with E-state index in [9.17, 15) is 4.79 Å². The molecular weight excluding hydrogens is 242 g/mol. The Morgan fingerprint density at radius 2 is 2.11 bits per heavy atom. The van der Waals surface area contributed by atoms with Gasteiger partial charge in [-0.2, -0.15) is 0 Å². The molecule has 0 aliphatic heterocycles. The Hall–Kier alpha value is -1.55. The molecule has 1 aromatic rings. The van der Waals surface area contributed by atoms with Crippen LogP contribution in [0.5, 0.6) is 5.75 Å². The molecule has 19 heavy (non-hydrogen) atoms. The summed E-state index contributed by atoms with van der Waals surface area (Å²) >= 11 is 0. The van der Waals surface area contributed by atoms with Gasteiger partial charge in [-0.05, 0) is 44.4 Å². The van der Waals surface area contributed by atoms with E-state index >= 15 is 0 Å². The van der Waals surface area contributed by atoms with Crippen LogP contribution < -0.4 is 4.74 Å². The Labute approximate surface area is 115 Å². The van der Waals surface area contributed by atoms with E-state index in [0.717, 1.165) is 16.9 Å². The average molecular weight is 265 g/mol. The average Bonchev–Trinajstić information content (AvgIpc) is 2.40. The van der Waals surface area contributed by atoms with Gasteiger partial charge in [-0.15, -0.1) is 0 Å². The first-order valence-corrected chi connectivity index (χ1v) is 6.67. The molecule has 4 heteroatoms. The molecule has 1 aromatic carbocycles. The van der Waals surface area contributed by atoms with Gasteiger partial charge in [0, 0.05) is 19.7 Å². The summed E-state index contributed by atoms with van der Waals surface area (Å²) < 4.78 is 5.59. The highest BCUT2D eigenvalue weighted by Crippen LogP contribution is 2.19. The highest BCUT2D eigenvalue weighted by molar-refractivity contribution is 5.77. The zero-order valence-electron chi connectivity index (χ0n) is 12.0. The maximum absolute atomic E-state index is 12.0. The van der Waals surface area contributed by atoms with E-state index < -0.39 is 0 Å². The van der Waals surface area contributed by atoms with Crippen LogP contribution in [-0.4, -0.2) is 42.2 Å². The predicted octanol–water partition coefficient (Wildman–Crippen LogP) is 1.91. The number of aryl methyl sites for hydroxylation is 2. The number of nitrogens with zero attached hydrogens (tertiary/aromatic N) is 1. The van der Waals surface area contributed by atoms with Crippen molar-refractivity contribution in [3.63, 3.8) is 0 Å². The third-order valence-corrected chi connectivity index (χ3v) is 3.02. The molecule has 0 atom stereocenters. The third kappa shape index (κ3) is 4.91. The van der Waals surface area contributed by atoms with Gasteiger partial charge in [-0.25, -0.2) is 0 Å². The fraction of sp³-hybridized carbons (Fsp3) is 0.533. The molecule has 0 aliphatic rings. The Kier molecular flexibility index (Phi) is 6.36. The monoisotopic (exact) mass is 265 g/mol. The smallest absolute Gasteiger partial charge is 0.260 e. The van der Waals surface area contributed by atoms with Gasteiger partial charge < -0.3 is 14.7 Å². The predicted molar refractivity (Wildman–Crippen MR) is 75.4 cm³/mol. The third-order valence-electron chi connectivity index (χ3n) is 3.02. The number of carbonyl (C=O) groups is 1. The van der Waals surface area contributed by atoms with Gasteiger partial charge in [-0.1, -0.05) is 12.1 Å². The number of aliphatic hydroxyl groups is 1. The Bertz CT molecular complexity index is 418. The van der Waals surface area contributed by atoms with Crippen molar-refractivity contribution >= 4 is 5.91 Å². The molecular formula is C15H23NO3. The zero-order valence-corrected chi connectivity index (χ0v) is 12.0. The lowest BCUT2D eigenvalue weighted by Gasteiger charge is -2.20. The van der Waals surface area contributed by atoms with E-state index in [2.05, 4.69) is 0 Å². The van der Waals surface area contributed by atoms with Gasteiger partial charge in [0.25, 0.3) is 5.91 Å². The quantitative estimate of drug-likeness (QED) is 0.819. The first-order valence-electron chi connectivity index (χ1n) is 6.67. The molecule has 0 bridgehead atoms. The summed E-state index contributed by atoms with van der Waals surface area (Å²) in [6, 6.07) is 5.94. The highest BCUT2D eigenvalue weighted by Gasteiger charge is 2.12. The van der Waals surface area contributed by atoms with Crippen molar-refractivity contribution in [1.82, 2.24) is 4.90 Å². The summed E-state index contributed by atoms with van der Waals surface area (Å²) in [6.07, 6.45) is 0.600. The van der Waals surface area contributed by atoms with Crippen LogP contribution in [0.4, 0.5) is 0 Å². The molecule has 1 amide bonds. The van der Waals surface area contributed by atoms with Crippen LogP contribution >= 0.6 is 0 Å². The van der Waals surface area contributed by atoms with Gasteiger partial charge in [0.05, 0.1) is 0 Å². The van der Waals surface area contributed by atoms with Crippen molar-refractivity contribution in [2.45, 2.75) is 27.2 Å². The summed E-state index contributed by atoms with van der Waals surface area (Å²) in [6.45, 7) is 7.23. The topological polar surface area (TPSA) is 49.8 Å². The summed E-state index contributed by atoms with van der Waals surface area (Å²) in [5, 5.41) is 8.80. The fourth-order valence-electron chi connectivity index (χ4n) is 1.81. The van der Waals surface area contributed by atoms with E-state index in [1.165, 1.54) is 0 Å². The Morgan fingerprint density at radius 3 is 2.74 bits per heavy atom. The first-order chi connectivity index (χ1) is 9.08. The number of likely N-dealkylation sites (N-methyl/N-ethyl adjacent to an activating group) is 1. The van der Waals surface area contributed by atoms with Crippen molar-refractivity contribution in [2.75, 3.05) is 26.3 Å². The number of ether oxygens (including phenoxy) is 1. The largest absolute Gasteiger partial charge is 0.483 e. The van der Waals surface area contributed by atoms with Crippen LogP contribution in [-0.2, 0) is 4.79 Å². The summed E-state index contributed by atoms with van der Waals surface area (Å²) in [5.41, 5.74) is 2.14. The molecule has 0 aliphatic carbocycles. The minimum Gasteiger partial charge on any atom is -0.483 e. The van der Waals surface area contributed by atoms with E-state index in [4.69, 9.17) is 9.84 Å². The molecule has 0 fully saturated rings. The second-order valence-corrected chi connectivity index (χ2v) is 4.61. The number of hydrogen-bond acceptors (Lipinski definition) is 3. The van der Waals surface area contributed by atoms with Crippen molar-refractivity contribution in [3.05, 3.63) is 29.3 Å². The van der Waals surface area contributed by atoms with E-state index in [1.54, 1.807) is 4.90 Å². The van der Waals surface area contributed by atoms with Gasteiger partial charge in [0.2, 0.25) is 0 Å². The van der Waals surface area contributed by atoms with Gasteiger partial charge in [0.1, 0.15) is 5.75 Å². The van der Waals surface area contributed by atoms with Gasteiger partial charge in [-0.3, -0.25) is 4.79 Å². The molecule has 0 saturated carbocycles. The molecule has 106 valence electrons. The number of rotatable bonds is 7. The summed E-state index contributed by atoms with van der Waals surface area (Å²) in [4.78, 5) is 13.7. The van der Waals surface area contributed by atoms with Crippen LogP contribution in [0.15, 0.2) is 18.2 Å². The normalized spacial score (nSPS) is 10.3. The first kappa shape index (κ1) is 15.5. The maximum Gasteiger partial charge on any atom is 0.260 e. The minimum absolute atomic E-state index is 0.0446. The van der Waals surface area contributed by atoms with Crippen molar-refractivity contribution < 1.29 is 14.6 Å². The molecule has 0 unspecified atom stereocenters. The number of carbonyl (C=O) groups excluding carboxylic acids is 1. The second-order valence-electron chi connectivity index (χ2n) is 4.61. The number of benzene rings is 1. The zero-order chi connectivity index (χ0) is 14.3. The number of aliphatic hydroxyl groups excluding tert-OH is 1. The lowest BCUT2D eigenvalue weighted by atomic mass is 10.1. The van der Waals surface area contributed by atoms with Gasteiger partial charge in [0.15, 0.2) is 6.61 Å². The summed E-state index contributed by atoms with van der Waals surface area (Å²) in [7, 11) is 0. The van der Waals surface area contributed by atoms with Crippen molar-refractivity contribution in [1.29, 1.82) is 0 Å². The van der Waals surface area contributed by atoms with Gasteiger partial charge >= 0.3 is 0 Å². The number of hydrogen-bond donors (Lipinski definition) is 1. The minimum atomic E-state index is -0.0446. The van der Waals surface area contributed by atoms with Crippen LogP contribution in [0.3, 0.4) is 0 Å². The molecule has 1 rings (SSSR count). The highest BCUT2D eigenvalue weighted by atomic mass is 16.5. The molecule has 0 radical (unpaired) electrons. The molecule has 1 N–H and O–H groups in total. The van der Waals surface area contributed by atoms with Crippen LogP contribution in [0.2, 0.25) is 0 Å². The van der Waals surface area contributed by atoms with Crippen LogP contribution in [0.25, 0.3) is 0 Å². The summed E-state index contributed by atoms with van der Waals surface area (Å²) in [5.74, 6) is 0.711. The van der Waals surface area contributed by atoms with Crippen LogP contribution in [0, 0.1) is 13.8 Å². The van der Waals surface area contributed by atoms with Crippen LogP contribution in [0.1, 0.15) is 24.5 Å². The fourth-order valence-corrected chi connectivity index (χ4v) is 1.81. The lowest BCUT2D eigenvalue weighted by molar-refractivity contribution is -0.133. The number of amides is 1. The Morgan fingerprint density at radius 1 is 1.37 bits per heavy atom. The Balaban J connectivity index is 2.55. The molecule has 0 aromatic heterocycles. The maximum atomic E-state index is 12.0. The standard InChI is InChI=1S/C15H23NO3/c1-4-16(8-5-9-17)15(18)11-19-14-10-12(2)6-7-13(14)3/h6-7,10,17H,4-5,8-9,11H2,1-3H3. The van der Waals surface area contributed by atoms with E-state index in [1.807, 2.05) is 39.0 Å². The van der Waals surface area contributed by atoms with Crippen molar-refractivity contribution in [3.8, 4) is 5.75 Å². The molecule has 4 nitrogen and oxygen atoms in total. The van der Waals surface area contributed by atoms with E-state index in [-0.39, 0.29) is 19.1 Å². The molecule has 0 saturated heterocycles. The van der Waals surface area contributed by atoms with Crippen molar-refractivity contribution in [2.24, 2.45) is 0 Å². The molecule has 0 spiro atoms.